The van der Waals surface area contributed by atoms with Crippen LogP contribution in [0.2, 0.25) is 0 Å². The average Bonchev–Trinajstić information content (AvgIpc) is 2.77. The van der Waals surface area contributed by atoms with Crippen LogP contribution in [0.4, 0.5) is 0 Å². The van der Waals surface area contributed by atoms with Gasteiger partial charge in [0.2, 0.25) is 0 Å². The molecule has 1 aliphatic rings. The van der Waals surface area contributed by atoms with Crippen molar-refractivity contribution in [1.29, 1.82) is 0 Å². The summed E-state index contributed by atoms with van der Waals surface area (Å²) in [7, 11) is 0. The minimum absolute atomic E-state index is 0.0110. The van der Waals surface area contributed by atoms with E-state index in [1.54, 1.807) is 11.3 Å². The van der Waals surface area contributed by atoms with E-state index >= 15 is 0 Å². The molecule has 1 fully saturated rings. The molecular weight excluding hydrogens is 230 g/mol. The van der Waals surface area contributed by atoms with Gasteiger partial charge in [0, 0.05) is 16.3 Å². The third-order valence-corrected chi connectivity index (χ3v) is 4.12. The zero-order valence-corrected chi connectivity index (χ0v) is 10.2. The van der Waals surface area contributed by atoms with E-state index in [1.807, 2.05) is 18.4 Å². The molecular formula is C11H14ClNOS. The third-order valence-electron chi connectivity index (χ3n) is 2.74. The van der Waals surface area contributed by atoms with Gasteiger partial charge >= 0.3 is 0 Å². The number of thiophene rings is 1. The van der Waals surface area contributed by atoms with Crippen molar-refractivity contribution >= 4 is 28.8 Å². The van der Waals surface area contributed by atoms with Gasteiger partial charge in [-0.3, -0.25) is 4.79 Å². The number of aryl methyl sites for hydroxylation is 1. The van der Waals surface area contributed by atoms with Gasteiger partial charge in [0.1, 0.15) is 0 Å². The summed E-state index contributed by atoms with van der Waals surface area (Å²) in [6, 6.07) is 2.07. The maximum Gasteiger partial charge on any atom is 0.252 e. The molecule has 0 aromatic carbocycles. The van der Waals surface area contributed by atoms with Crippen molar-refractivity contribution in [2.45, 2.75) is 37.6 Å². The second kappa shape index (κ2) is 4.54. The number of halogens is 1. The lowest BCUT2D eigenvalue weighted by Crippen LogP contribution is -2.37. The Kier molecular flexibility index (Phi) is 3.32. The van der Waals surface area contributed by atoms with Crippen LogP contribution < -0.4 is 5.32 Å². The fraction of sp³-hybridized carbons (Fsp3) is 0.545. The molecule has 0 aliphatic heterocycles. The summed E-state index contributed by atoms with van der Waals surface area (Å²) in [5.41, 5.74) is 0.758. The first-order chi connectivity index (χ1) is 7.16. The molecule has 1 heterocycles. The van der Waals surface area contributed by atoms with Gasteiger partial charge in [-0.15, -0.1) is 22.9 Å². The summed E-state index contributed by atoms with van der Waals surface area (Å²) in [5.74, 6) is 0.0110. The van der Waals surface area contributed by atoms with Gasteiger partial charge in [0.25, 0.3) is 5.91 Å². The van der Waals surface area contributed by atoms with Crippen molar-refractivity contribution in [2.24, 2.45) is 0 Å². The molecule has 2 rings (SSSR count). The molecule has 0 spiro atoms. The highest BCUT2D eigenvalue weighted by molar-refractivity contribution is 7.10. The third kappa shape index (κ3) is 2.52. The summed E-state index contributed by atoms with van der Waals surface area (Å²) < 4.78 is 0. The van der Waals surface area contributed by atoms with Gasteiger partial charge in [-0.1, -0.05) is 0 Å². The molecule has 0 radical (unpaired) electrons. The van der Waals surface area contributed by atoms with E-state index in [0.717, 1.165) is 29.7 Å². The summed E-state index contributed by atoms with van der Waals surface area (Å²) in [5, 5.41) is 4.99. The Morgan fingerprint density at radius 3 is 2.93 bits per heavy atom. The second-order valence-corrected chi connectivity index (χ2v) is 5.65. The topological polar surface area (TPSA) is 29.1 Å². The van der Waals surface area contributed by atoms with Gasteiger partial charge in [-0.05, 0) is 32.3 Å². The lowest BCUT2D eigenvalue weighted by Gasteiger charge is -2.14. The van der Waals surface area contributed by atoms with Crippen LogP contribution in [0.25, 0.3) is 0 Å². The highest BCUT2D eigenvalue weighted by atomic mass is 35.5. The minimum atomic E-state index is 0.0110. The second-order valence-electron chi connectivity index (χ2n) is 3.97. The van der Waals surface area contributed by atoms with Crippen LogP contribution in [0, 0.1) is 6.92 Å². The van der Waals surface area contributed by atoms with Gasteiger partial charge in [-0.2, -0.15) is 0 Å². The smallest absolute Gasteiger partial charge is 0.252 e. The molecule has 2 atom stereocenters. The molecule has 1 amide bonds. The average molecular weight is 244 g/mol. The Labute approximate surface area is 98.6 Å². The summed E-state index contributed by atoms with van der Waals surface area (Å²) in [6.45, 7) is 2.00. The predicted octanol–water partition coefficient (Wildman–Crippen LogP) is 2.95. The molecule has 1 aromatic heterocycles. The van der Waals surface area contributed by atoms with Gasteiger partial charge in [-0.25, -0.2) is 0 Å². The Morgan fingerprint density at radius 2 is 2.40 bits per heavy atom. The van der Waals surface area contributed by atoms with Crippen molar-refractivity contribution in [3.63, 3.8) is 0 Å². The van der Waals surface area contributed by atoms with Crippen molar-refractivity contribution in [2.75, 3.05) is 0 Å². The summed E-state index contributed by atoms with van der Waals surface area (Å²) in [4.78, 5) is 13.0. The van der Waals surface area contributed by atoms with Crippen LogP contribution in [0.15, 0.2) is 11.4 Å². The highest BCUT2D eigenvalue weighted by Crippen LogP contribution is 2.24. The van der Waals surface area contributed by atoms with E-state index in [0.29, 0.717) is 0 Å². The largest absolute Gasteiger partial charge is 0.348 e. The molecule has 2 unspecified atom stereocenters. The van der Waals surface area contributed by atoms with E-state index in [4.69, 9.17) is 11.6 Å². The molecule has 0 saturated heterocycles. The lowest BCUT2D eigenvalue weighted by molar-refractivity contribution is 0.0939. The van der Waals surface area contributed by atoms with Gasteiger partial charge in [0.05, 0.1) is 10.9 Å². The minimum Gasteiger partial charge on any atom is -0.348 e. The van der Waals surface area contributed by atoms with Crippen LogP contribution in [-0.2, 0) is 0 Å². The SMILES string of the molecule is Cc1cc(C(=O)NC2CCCC2Cl)cs1. The maximum atomic E-state index is 11.8. The van der Waals surface area contributed by atoms with Crippen molar-refractivity contribution < 1.29 is 4.79 Å². The molecule has 15 heavy (non-hydrogen) atoms. The molecule has 1 saturated carbocycles. The number of alkyl halides is 1. The van der Waals surface area contributed by atoms with E-state index in [-0.39, 0.29) is 17.3 Å². The molecule has 1 aliphatic carbocycles. The van der Waals surface area contributed by atoms with E-state index in [2.05, 4.69) is 5.32 Å². The zero-order valence-electron chi connectivity index (χ0n) is 8.63. The maximum absolute atomic E-state index is 11.8. The van der Waals surface area contributed by atoms with Gasteiger partial charge in [0.15, 0.2) is 0 Å². The standard InChI is InChI=1S/C11H14ClNOS/c1-7-5-8(6-15-7)11(14)13-10-4-2-3-9(10)12/h5-6,9-10H,2-4H2,1H3,(H,13,14). The van der Waals surface area contributed by atoms with Crippen LogP contribution in [0.3, 0.4) is 0 Å². The van der Waals surface area contributed by atoms with Crippen LogP contribution in [0.1, 0.15) is 34.5 Å². The quantitative estimate of drug-likeness (QED) is 0.795. The van der Waals surface area contributed by atoms with Crippen molar-refractivity contribution in [3.05, 3.63) is 21.9 Å². The Bertz CT molecular complexity index is 363. The summed E-state index contributed by atoms with van der Waals surface area (Å²) in [6.07, 6.45) is 3.12. The van der Waals surface area contributed by atoms with Crippen LogP contribution in [-0.4, -0.2) is 17.3 Å². The molecule has 1 aromatic rings. The van der Waals surface area contributed by atoms with Crippen LogP contribution in [0.5, 0.6) is 0 Å². The number of nitrogens with one attached hydrogen (secondary N) is 1. The number of carbonyl (C=O) groups excluding carboxylic acids is 1. The fourth-order valence-corrected chi connectivity index (χ4v) is 2.92. The number of carbonyl (C=O) groups is 1. The van der Waals surface area contributed by atoms with Crippen molar-refractivity contribution in [3.8, 4) is 0 Å². The first-order valence-electron chi connectivity index (χ1n) is 5.17. The number of amides is 1. The number of hydrogen-bond acceptors (Lipinski definition) is 2. The normalized spacial score (nSPS) is 25.5. The monoisotopic (exact) mass is 243 g/mol. The zero-order chi connectivity index (χ0) is 10.8. The van der Waals surface area contributed by atoms with E-state index < -0.39 is 0 Å². The molecule has 2 nitrogen and oxygen atoms in total. The van der Waals surface area contributed by atoms with Gasteiger partial charge < -0.3 is 5.32 Å². The predicted molar refractivity (Wildman–Crippen MR) is 63.8 cm³/mol. The first kappa shape index (κ1) is 11.0. The molecule has 82 valence electrons. The Morgan fingerprint density at radius 1 is 1.60 bits per heavy atom. The van der Waals surface area contributed by atoms with Crippen molar-refractivity contribution in [1.82, 2.24) is 5.32 Å². The van der Waals surface area contributed by atoms with E-state index in [9.17, 15) is 4.79 Å². The van der Waals surface area contributed by atoms with Crippen LogP contribution >= 0.6 is 22.9 Å². The molecule has 1 N–H and O–H groups in total. The Hall–Kier alpha value is -0.540. The number of hydrogen-bond donors (Lipinski definition) is 1. The Balaban J connectivity index is 1.97. The van der Waals surface area contributed by atoms with E-state index in [1.165, 1.54) is 0 Å². The number of rotatable bonds is 2. The fourth-order valence-electron chi connectivity index (χ4n) is 1.89. The highest BCUT2D eigenvalue weighted by Gasteiger charge is 2.26. The molecule has 0 bridgehead atoms. The molecule has 4 heteroatoms. The summed E-state index contributed by atoms with van der Waals surface area (Å²) >= 11 is 7.70. The first-order valence-corrected chi connectivity index (χ1v) is 6.48. The lowest BCUT2D eigenvalue weighted by atomic mass is 10.2.